The van der Waals surface area contributed by atoms with Crippen LogP contribution in [-0.4, -0.2) is 61.7 Å². The average molecular weight is 420 g/mol. The highest BCUT2D eigenvalue weighted by molar-refractivity contribution is 5.78. The third kappa shape index (κ3) is 6.06. The number of carbonyl (C=O) groups is 1. The van der Waals surface area contributed by atoms with Gasteiger partial charge in [0.25, 0.3) is 0 Å². The normalized spacial score (nSPS) is 15.3. The Kier molecular flexibility index (Phi) is 7.46. The first-order valence-electron chi connectivity index (χ1n) is 9.83. The lowest BCUT2D eigenvalue weighted by Crippen LogP contribution is -2.45. The zero-order valence-electron chi connectivity index (χ0n) is 17.1. The number of alkyl halides is 2. The van der Waals surface area contributed by atoms with Gasteiger partial charge in [-0.1, -0.05) is 31.2 Å². The number of hydrogen-bond acceptors (Lipinski definition) is 5. The van der Waals surface area contributed by atoms with Gasteiger partial charge in [0, 0.05) is 20.1 Å². The minimum Gasteiger partial charge on any atom is -0.486 e. The Balaban J connectivity index is 1.49. The fourth-order valence-electron chi connectivity index (χ4n) is 3.20. The van der Waals surface area contributed by atoms with Gasteiger partial charge in [-0.05, 0) is 36.4 Å². The van der Waals surface area contributed by atoms with Gasteiger partial charge < -0.3 is 19.1 Å². The second kappa shape index (κ2) is 10.2. The minimum atomic E-state index is -2.85. The van der Waals surface area contributed by atoms with Crippen LogP contribution in [-0.2, 0) is 11.3 Å². The molecule has 1 amide bonds. The van der Waals surface area contributed by atoms with E-state index < -0.39 is 6.61 Å². The van der Waals surface area contributed by atoms with E-state index in [1.807, 2.05) is 36.1 Å². The summed E-state index contributed by atoms with van der Waals surface area (Å²) in [6, 6.07) is 13.8. The van der Waals surface area contributed by atoms with Crippen molar-refractivity contribution in [1.29, 1.82) is 0 Å². The number of nitrogens with zero attached hydrogens (tertiary/aromatic N) is 2. The molecule has 6 nitrogen and oxygen atoms in total. The Morgan fingerprint density at radius 3 is 2.53 bits per heavy atom. The highest BCUT2D eigenvalue weighted by atomic mass is 19.3. The average Bonchev–Trinajstić information content (AvgIpc) is 2.74. The van der Waals surface area contributed by atoms with Crippen LogP contribution in [0.1, 0.15) is 12.5 Å². The number of hydrogen-bond donors (Lipinski definition) is 0. The summed E-state index contributed by atoms with van der Waals surface area (Å²) in [5.41, 5.74) is 0.830. The molecule has 1 heterocycles. The molecule has 8 heteroatoms. The molecule has 1 unspecified atom stereocenters. The Labute approximate surface area is 174 Å². The first-order chi connectivity index (χ1) is 14.4. The maximum absolute atomic E-state index is 12.7. The third-order valence-corrected chi connectivity index (χ3v) is 4.83. The predicted molar refractivity (Wildman–Crippen MR) is 108 cm³/mol. The molecule has 0 aromatic heterocycles. The van der Waals surface area contributed by atoms with Crippen molar-refractivity contribution in [3.63, 3.8) is 0 Å². The number of ether oxygens (including phenoxy) is 3. The summed E-state index contributed by atoms with van der Waals surface area (Å²) in [6.45, 7) is 1.47. The fraction of sp³-hybridized carbons (Fsp3) is 0.409. The van der Waals surface area contributed by atoms with E-state index in [1.165, 1.54) is 12.1 Å². The van der Waals surface area contributed by atoms with Crippen molar-refractivity contribution in [3.8, 4) is 17.2 Å². The van der Waals surface area contributed by atoms with Crippen LogP contribution in [0.2, 0.25) is 0 Å². The van der Waals surface area contributed by atoms with Crippen LogP contribution in [0.3, 0.4) is 0 Å². The Bertz CT molecular complexity index is 832. The van der Waals surface area contributed by atoms with E-state index >= 15 is 0 Å². The van der Waals surface area contributed by atoms with Gasteiger partial charge in [-0.2, -0.15) is 8.78 Å². The number of para-hydroxylation sites is 2. The Morgan fingerprint density at radius 2 is 1.87 bits per heavy atom. The van der Waals surface area contributed by atoms with Crippen LogP contribution in [0.5, 0.6) is 17.2 Å². The number of rotatable bonds is 9. The van der Waals surface area contributed by atoms with Gasteiger partial charge in [-0.15, -0.1) is 0 Å². The van der Waals surface area contributed by atoms with Gasteiger partial charge in [-0.3, -0.25) is 9.69 Å². The molecule has 1 atom stereocenters. The molecule has 0 fully saturated rings. The van der Waals surface area contributed by atoms with E-state index in [0.717, 1.165) is 11.3 Å². The molecule has 0 aliphatic carbocycles. The van der Waals surface area contributed by atoms with Gasteiger partial charge in [-0.25, -0.2) is 0 Å². The second-order valence-electron chi connectivity index (χ2n) is 7.10. The summed E-state index contributed by atoms with van der Waals surface area (Å²) in [7, 11) is 1.72. The smallest absolute Gasteiger partial charge is 0.387 e. The van der Waals surface area contributed by atoms with Crippen LogP contribution in [0.25, 0.3) is 0 Å². The van der Waals surface area contributed by atoms with E-state index in [9.17, 15) is 13.6 Å². The first kappa shape index (κ1) is 21.8. The SMILES string of the molecule is CCN(CC(=O)N(C)Cc1ccc(OC(F)F)cc1)CC1COc2ccccc2O1. The van der Waals surface area contributed by atoms with Crippen molar-refractivity contribution in [2.75, 3.05) is 33.3 Å². The van der Waals surface area contributed by atoms with Crippen LogP contribution in [0.4, 0.5) is 8.78 Å². The molecule has 0 bridgehead atoms. The molecule has 1 aliphatic rings. The van der Waals surface area contributed by atoms with Gasteiger partial charge in [0.15, 0.2) is 11.5 Å². The largest absolute Gasteiger partial charge is 0.486 e. The number of carbonyl (C=O) groups excluding carboxylic acids is 1. The number of halogens is 2. The van der Waals surface area contributed by atoms with E-state index in [4.69, 9.17) is 9.47 Å². The molecule has 0 radical (unpaired) electrons. The van der Waals surface area contributed by atoms with E-state index in [-0.39, 0.29) is 24.3 Å². The van der Waals surface area contributed by atoms with Gasteiger partial charge in [0.05, 0.1) is 6.54 Å². The standard InChI is InChI=1S/C22H26F2N2O4/c1-3-26(13-18-15-28-19-6-4-5-7-20(19)29-18)14-21(27)25(2)12-16-8-10-17(11-9-16)30-22(23)24/h4-11,18,22H,3,12-15H2,1-2H3. The molecule has 3 rings (SSSR count). The van der Waals surface area contributed by atoms with Crippen molar-refractivity contribution in [2.45, 2.75) is 26.2 Å². The molecule has 2 aromatic rings. The quantitative estimate of drug-likeness (QED) is 0.622. The molecule has 162 valence electrons. The van der Waals surface area contributed by atoms with Crippen molar-refractivity contribution in [3.05, 3.63) is 54.1 Å². The van der Waals surface area contributed by atoms with Crippen LogP contribution in [0, 0.1) is 0 Å². The zero-order chi connectivity index (χ0) is 21.5. The molecular formula is C22H26F2N2O4. The summed E-state index contributed by atoms with van der Waals surface area (Å²) in [5, 5.41) is 0. The predicted octanol–water partition coefficient (Wildman–Crippen LogP) is 3.41. The monoisotopic (exact) mass is 420 g/mol. The Hall–Kier alpha value is -2.87. The number of fused-ring (bicyclic) bond motifs is 1. The molecular weight excluding hydrogens is 394 g/mol. The lowest BCUT2D eigenvalue weighted by molar-refractivity contribution is -0.132. The molecule has 0 N–H and O–H groups in total. The molecule has 0 saturated carbocycles. The van der Waals surface area contributed by atoms with Gasteiger partial charge >= 0.3 is 6.61 Å². The molecule has 1 aliphatic heterocycles. The lowest BCUT2D eigenvalue weighted by atomic mass is 10.2. The highest BCUT2D eigenvalue weighted by Crippen LogP contribution is 2.31. The van der Waals surface area contributed by atoms with Crippen LogP contribution < -0.4 is 14.2 Å². The number of likely N-dealkylation sites (N-methyl/N-ethyl adjacent to an activating group) is 2. The molecule has 0 spiro atoms. The van der Waals surface area contributed by atoms with E-state index in [0.29, 0.717) is 32.0 Å². The fourth-order valence-corrected chi connectivity index (χ4v) is 3.20. The highest BCUT2D eigenvalue weighted by Gasteiger charge is 2.24. The first-order valence-corrected chi connectivity index (χ1v) is 9.83. The molecule has 0 saturated heterocycles. The van der Waals surface area contributed by atoms with Crippen molar-refractivity contribution in [2.24, 2.45) is 0 Å². The molecule has 30 heavy (non-hydrogen) atoms. The number of benzene rings is 2. The molecule has 2 aromatic carbocycles. The summed E-state index contributed by atoms with van der Waals surface area (Å²) in [6.07, 6.45) is -0.152. The van der Waals surface area contributed by atoms with Crippen molar-refractivity contribution < 1.29 is 27.8 Å². The van der Waals surface area contributed by atoms with Crippen LogP contribution in [0.15, 0.2) is 48.5 Å². The van der Waals surface area contributed by atoms with Crippen LogP contribution >= 0.6 is 0 Å². The van der Waals surface area contributed by atoms with Gasteiger partial charge in [0.2, 0.25) is 5.91 Å². The summed E-state index contributed by atoms with van der Waals surface area (Å²) in [4.78, 5) is 16.3. The maximum Gasteiger partial charge on any atom is 0.387 e. The van der Waals surface area contributed by atoms with Gasteiger partial charge in [0.1, 0.15) is 18.5 Å². The van der Waals surface area contributed by atoms with E-state index in [1.54, 1.807) is 24.1 Å². The third-order valence-electron chi connectivity index (χ3n) is 4.83. The summed E-state index contributed by atoms with van der Waals surface area (Å²) >= 11 is 0. The number of amides is 1. The topological polar surface area (TPSA) is 51.2 Å². The zero-order valence-corrected chi connectivity index (χ0v) is 17.1. The summed E-state index contributed by atoms with van der Waals surface area (Å²) in [5.74, 6) is 1.50. The maximum atomic E-state index is 12.7. The van der Waals surface area contributed by atoms with Crippen molar-refractivity contribution >= 4 is 5.91 Å². The van der Waals surface area contributed by atoms with Crippen molar-refractivity contribution in [1.82, 2.24) is 9.80 Å². The second-order valence-corrected chi connectivity index (χ2v) is 7.10. The Morgan fingerprint density at radius 1 is 1.17 bits per heavy atom. The van der Waals surface area contributed by atoms with E-state index in [2.05, 4.69) is 4.74 Å². The summed E-state index contributed by atoms with van der Waals surface area (Å²) < 4.78 is 40.5. The minimum absolute atomic E-state index is 0.0399. The lowest BCUT2D eigenvalue weighted by Gasteiger charge is -2.31.